The van der Waals surface area contributed by atoms with E-state index in [0.29, 0.717) is 12.3 Å². The van der Waals surface area contributed by atoms with Crippen molar-refractivity contribution in [1.82, 2.24) is 15.3 Å². The molecule has 1 unspecified atom stereocenters. The number of nitrogens with one attached hydrogen (secondary N) is 2. The van der Waals surface area contributed by atoms with Crippen LogP contribution in [0.15, 0.2) is 12.5 Å². The van der Waals surface area contributed by atoms with Gasteiger partial charge in [-0.15, -0.1) is 0 Å². The van der Waals surface area contributed by atoms with Crippen molar-refractivity contribution >= 4 is 5.91 Å². The van der Waals surface area contributed by atoms with Crippen LogP contribution in [0, 0.1) is 11.3 Å². The highest BCUT2D eigenvalue weighted by atomic mass is 16.3. The van der Waals surface area contributed by atoms with Crippen LogP contribution in [0.1, 0.15) is 65.0 Å². The van der Waals surface area contributed by atoms with Gasteiger partial charge in [0, 0.05) is 18.3 Å². The number of H-pyrrole nitrogens is 1. The highest BCUT2D eigenvalue weighted by Gasteiger charge is 2.34. The van der Waals surface area contributed by atoms with E-state index in [2.05, 4.69) is 15.3 Å². The summed E-state index contributed by atoms with van der Waals surface area (Å²) in [6.07, 6.45) is 10.0. The van der Waals surface area contributed by atoms with Crippen LogP contribution in [-0.2, 0) is 11.2 Å². The summed E-state index contributed by atoms with van der Waals surface area (Å²) in [5, 5.41) is 13.8. The Kier molecular flexibility index (Phi) is 7.02. The van der Waals surface area contributed by atoms with E-state index in [9.17, 15) is 9.90 Å². The average Bonchev–Trinajstić information content (AvgIpc) is 3.06. The second-order valence-electron chi connectivity index (χ2n) is 8.55. The van der Waals surface area contributed by atoms with Crippen molar-refractivity contribution in [2.24, 2.45) is 17.1 Å². The average molecular weight is 351 g/mol. The summed E-state index contributed by atoms with van der Waals surface area (Å²) in [6, 6.07) is -0.912. The summed E-state index contributed by atoms with van der Waals surface area (Å²) in [6.45, 7) is 6.01. The van der Waals surface area contributed by atoms with E-state index in [1.165, 1.54) is 32.1 Å². The molecule has 1 aliphatic carbocycles. The molecule has 1 aromatic heterocycles. The Morgan fingerprint density at radius 3 is 2.64 bits per heavy atom. The lowest BCUT2D eigenvalue weighted by Crippen LogP contribution is -2.54. The minimum Gasteiger partial charge on any atom is -0.390 e. The molecule has 1 heterocycles. The van der Waals surface area contributed by atoms with E-state index in [4.69, 9.17) is 5.73 Å². The summed E-state index contributed by atoms with van der Waals surface area (Å²) in [5.74, 6) is 0.360. The molecule has 0 aliphatic heterocycles. The van der Waals surface area contributed by atoms with Crippen LogP contribution >= 0.6 is 0 Å². The summed E-state index contributed by atoms with van der Waals surface area (Å²) in [7, 11) is 0. The number of hydrogen-bond donors (Lipinski definition) is 4. The molecule has 0 aromatic carbocycles. The van der Waals surface area contributed by atoms with Crippen molar-refractivity contribution in [3.63, 3.8) is 0 Å². The Hall–Kier alpha value is -1.40. The molecular weight excluding hydrogens is 316 g/mol. The first-order valence-corrected chi connectivity index (χ1v) is 9.48. The van der Waals surface area contributed by atoms with E-state index >= 15 is 0 Å². The first kappa shape index (κ1) is 19.9. The Morgan fingerprint density at radius 2 is 2.08 bits per heavy atom. The SMILES string of the molecule is CC(C)(C)C(O)[C@H](CC1CCCCC1)NC(=O)[C@@H](N)Cc1cnc[nH]1. The lowest BCUT2D eigenvalue weighted by molar-refractivity contribution is -0.125. The molecule has 0 bridgehead atoms. The Bertz CT molecular complexity index is 518. The molecule has 1 saturated carbocycles. The topological polar surface area (TPSA) is 104 Å². The van der Waals surface area contributed by atoms with Gasteiger partial charge in [0.05, 0.1) is 24.5 Å². The van der Waals surface area contributed by atoms with Gasteiger partial charge in [-0.25, -0.2) is 4.98 Å². The van der Waals surface area contributed by atoms with Gasteiger partial charge in [0.15, 0.2) is 0 Å². The van der Waals surface area contributed by atoms with Gasteiger partial charge < -0.3 is 21.1 Å². The fraction of sp³-hybridized carbons (Fsp3) is 0.789. The number of imidazole rings is 1. The zero-order valence-corrected chi connectivity index (χ0v) is 15.8. The fourth-order valence-corrected chi connectivity index (χ4v) is 3.67. The Morgan fingerprint density at radius 1 is 1.40 bits per heavy atom. The highest BCUT2D eigenvalue weighted by Crippen LogP contribution is 2.31. The van der Waals surface area contributed by atoms with Gasteiger partial charge in [0.1, 0.15) is 0 Å². The largest absolute Gasteiger partial charge is 0.390 e. The normalized spacial score (nSPS) is 20.0. The number of aromatic nitrogens is 2. The van der Waals surface area contributed by atoms with Gasteiger partial charge in [-0.2, -0.15) is 0 Å². The molecule has 6 nitrogen and oxygen atoms in total. The molecular formula is C19H34N4O2. The van der Waals surface area contributed by atoms with E-state index in [1.54, 1.807) is 12.5 Å². The predicted molar refractivity (Wildman–Crippen MR) is 98.9 cm³/mol. The molecule has 0 saturated heterocycles. The predicted octanol–water partition coefficient (Wildman–Crippen LogP) is 2.14. The van der Waals surface area contributed by atoms with E-state index in [0.717, 1.165) is 12.1 Å². The molecule has 1 amide bonds. The molecule has 5 N–H and O–H groups in total. The van der Waals surface area contributed by atoms with Gasteiger partial charge in [-0.1, -0.05) is 52.9 Å². The smallest absolute Gasteiger partial charge is 0.237 e. The van der Waals surface area contributed by atoms with Crippen LogP contribution in [0.25, 0.3) is 0 Å². The summed E-state index contributed by atoms with van der Waals surface area (Å²) in [4.78, 5) is 19.5. The lowest BCUT2D eigenvalue weighted by atomic mass is 9.78. The maximum atomic E-state index is 12.6. The third kappa shape index (κ3) is 6.12. The van der Waals surface area contributed by atoms with Crippen molar-refractivity contribution in [1.29, 1.82) is 0 Å². The van der Waals surface area contributed by atoms with Crippen LogP contribution in [0.3, 0.4) is 0 Å². The Labute approximate surface area is 151 Å². The maximum absolute atomic E-state index is 12.6. The van der Waals surface area contributed by atoms with Crippen molar-refractivity contribution in [3.8, 4) is 0 Å². The number of hydrogen-bond acceptors (Lipinski definition) is 4. The standard InChI is InChI=1S/C19H34N4O2/c1-19(2,3)17(24)16(9-13-7-5-4-6-8-13)23-18(25)15(20)10-14-11-21-12-22-14/h11-13,15-17,24H,4-10,20H2,1-3H3,(H,21,22)(H,23,25)/t15-,16-,17?/m0/s1. The van der Waals surface area contributed by atoms with Crippen LogP contribution in [0.2, 0.25) is 0 Å². The Balaban J connectivity index is 1.99. The molecule has 142 valence electrons. The van der Waals surface area contributed by atoms with Gasteiger partial charge in [-0.05, 0) is 17.8 Å². The van der Waals surface area contributed by atoms with Crippen LogP contribution in [0.5, 0.6) is 0 Å². The minimum absolute atomic E-state index is 0.210. The number of aromatic amines is 1. The van der Waals surface area contributed by atoms with E-state index < -0.39 is 12.1 Å². The molecule has 0 spiro atoms. The maximum Gasteiger partial charge on any atom is 0.237 e. The second-order valence-corrected chi connectivity index (χ2v) is 8.55. The first-order valence-electron chi connectivity index (χ1n) is 9.48. The lowest BCUT2D eigenvalue weighted by Gasteiger charge is -2.36. The first-order chi connectivity index (χ1) is 11.8. The molecule has 1 fully saturated rings. The molecule has 0 radical (unpaired) electrons. The third-order valence-corrected chi connectivity index (χ3v) is 5.24. The quantitative estimate of drug-likeness (QED) is 0.605. The third-order valence-electron chi connectivity index (χ3n) is 5.24. The van der Waals surface area contributed by atoms with Gasteiger partial charge >= 0.3 is 0 Å². The van der Waals surface area contributed by atoms with Crippen molar-refractivity contribution in [2.75, 3.05) is 0 Å². The second kappa shape index (κ2) is 8.81. The molecule has 3 atom stereocenters. The van der Waals surface area contributed by atoms with Gasteiger partial charge in [-0.3, -0.25) is 4.79 Å². The van der Waals surface area contributed by atoms with Crippen molar-refractivity contribution < 1.29 is 9.90 Å². The molecule has 2 rings (SSSR count). The summed E-state index contributed by atoms with van der Waals surface area (Å²) in [5.41, 5.74) is 6.60. The molecule has 1 aromatic rings. The number of carbonyl (C=O) groups excluding carboxylic acids is 1. The zero-order valence-electron chi connectivity index (χ0n) is 15.8. The highest BCUT2D eigenvalue weighted by molar-refractivity contribution is 5.82. The number of rotatable bonds is 7. The van der Waals surface area contributed by atoms with Crippen molar-refractivity contribution in [3.05, 3.63) is 18.2 Å². The minimum atomic E-state index is -0.651. The molecule has 6 heteroatoms. The molecule has 25 heavy (non-hydrogen) atoms. The number of nitrogens with two attached hydrogens (primary N) is 1. The van der Waals surface area contributed by atoms with Gasteiger partial charge in [0.25, 0.3) is 0 Å². The van der Waals surface area contributed by atoms with Crippen LogP contribution < -0.4 is 11.1 Å². The van der Waals surface area contributed by atoms with Crippen molar-refractivity contribution in [2.45, 2.75) is 83.9 Å². The van der Waals surface area contributed by atoms with E-state index in [1.807, 2.05) is 20.8 Å². The van der Waals surface area contributed by atoms with Gasteiger partial charge in [0.2, 0.25) is 5.91 Å². The zero-order chi connectivity index (χ0) is 18.4. The monoisotopic (exact) mass is 350 g/mol. The van der Waals surface area contributed by atoms with Crippen LogP contribution in [-0.4, -0.2) is 39.2 Å². The summed E-state index contributed by atoms with van der Waals surface area (Å²) >= 11 is 0. The number of amides is 1. The molecule has 1 aliphatic rings. The number of aliphatic hydroxyl groups is 1. The summed E-state index contributed by atoms with van der Waals surface area (Å²) < 4.78 is 0. The number of aliphatic hydroxyl groups excluding tert-OH is 1. The van der Waals surface area contributed by atoms with Crippen LogP contribution in [0.4, 0.5) is 0 Å². The number of nitrogens with zero attached hydrogens (tertiary/aromatic N) is 1. The van der Waals surface area contributed by atoms with E-state index in [-0.39, 0.29) is 17.4 Å². The number of carbonyl (C=O) groups is 1. The fourth-order valence-electron chi connectivity index (χ4n) is 3.67.